The summed E-state index contributed by atoms with van der Waals surface area (Å²) < 4.78 is 2.00. The van der Waals surface area contributed by atoms with E-state index in [2.05, 4.69) is 26.5 Å². The fraction of sp³-hybridized carbons (Fsp3) is 0.417. The zero-order chi connectivity index (χ0) is 12.3. The van der Waals surface area contributed by atoms with E-state index in [1.165, 1.54) is 17.4 Å². The largest absolute Gasteiger partial charge is 0.298 e. The molecule has 0 bridgehead atoms. The molecule has 1 aliphatic heterocycles. The highest BCUT2D eigenvalue weighted by molar-refractivity contribution is 7.90. The van der Waals surface area contributed by atoms with Crippen molar-refractivity contribution < 1.29 is 9.37 Å². The van der Waals surface area contributed by atoms with Crippen LogP contribution in [0.5, 0.6) is 0 Å². The number of carbonyl (C=O) groups excluding carboxylic acids is 1. The predicted octanol–water partition coefficient (Wildman–Crippen LogP) is 2.54. The van der Waals surface area contributed by atoms with Gasteiger partial charge in [0.1, 0.15) is 18.2 Å². The van der Waals surface area contributed by atoms with Crippen LogP contribution < -0.4 is 0 Å². The highest BCUT2D eigenvalue weighted by Crippen LogP contribution is 2.26. The number of thiocarbonyl (C=S) groups is 1. The van der Waals surface area contributed by atoms with Gasteiger partial charge in [-0.2, -0.15) is 4.58 Å². The van der Waals surface area contributed by atoms with Gasteiger partial charge in [-0.25, -0.2) is 0 Å². The molecule has 0 unspecified atom stereocenters. The number of hydrogen-bond acceptors (Lipinski definition) is 3. The van der Waals surface area contributed by atoms with E-state index in [1.807, 2.05) is 11.6 Å². The van der Waals surface area contributed by atoms with Crippen molar-refractivity contribution in [1.82, 2.24) is 0 Å². The Morgan fingerprint density at radius 1 is 1.38 bits per heavy atom. The van der Waals surface area contributed by atoms with Crippen molar-refractivity contribution in [2.45, 2.75) is 26.7 Å². The minimum atomic E-state index is 0.659. The predicted molar refractivity (Wildman–Crippen MR) is 74.5 cm³/mol. The number of allylic oxidation sites excluding steroid dienone is 3. The third kappa shape index (κ3) is 2.18. The Bertz CT molecular complexity index is 430. The van der Waals surface area contributed by atoms with Gasteiger partial charge in [0.05, 0.1) is 6.08 Å². The van der Waals surface area contributed by atoms with Gasteiger partial charge in [-0.15, -0.1) is 12.6 Å². The minimum Gasteiger partial charge on any atom is -0.298 e. The Labute approximate surface area is 107 Å². The van der Waals surface area contributed by atoms with Crippen LogP contribution >= 0.6 is 24.8 Å². The lowest BCUT2D eigenvalue weighted by Gasteiger charge is -2.18. The molecular weight excluding hydrogens is 238 g/mol. The molecule has 0 aliphatic carbocycles. The van der Waals surface area contributed by atoms with Crippen molar-refractivity contribution in [3.8, 4) is 0 Å². The zero-order valence-corrected chi connectivity index (χ0v) is 11.5. The average Bonchev–Trinajstić information content (AvgIpc) is 2.29. The molecule has 0 radical (unpaired) electrons. The van der Waals surface area contributed by atoms with E-state index in [4.69, 9.17) is 12.2 Å². The number of rotatable bonds is 3. The molecule has 0 aromatic heterocycles. The van der Waals surface area contributed by atoms with Crippen LogP contribution in [0.1, 0.15) is 26.7 Å². The van der Waals surface area contributed by atoms with Gasteiger partial charge in [0.2, 0.25) is 5.70 Å². The number of hydrogen-bond donors (Lipinski definition) is 1. The average molecular weight is 254 g/mol. The molecule has 1 heterocycles. The Morgan fingerprint density at radius 2 is 2.00 bits per heavy atom. The smallest absolute Gasteiger partial charge is 0.227 e. The van der Waals surface area contributed by atoms with E-state index in [-0.39, 0.29) is 0 Å². The maximum absolute atomic E-state index is 10.6. The van der Waals surface area contributed by atoms with Crippen LogP contribution in [0.2, 0.25) is 0 Å². The fourth-order valence-electron chi connectivity index (χ4n) is 1.97. The van der Waals surface area contributed by atoms with Crippen molar-refractivity contribution >= 4 is 41.7 Å². The summed E-state index contributed by atoms with van der Waals surface area (Å²) in [6.07, 6.45) is 4.08. The molecule has 2 nitrogen and oxygen atoms in total. The molecule has 1 rings (SSSR count). The quantitative estimate of drug-likeness (QED) is 0.274. The number of thiol groups is 1. The molecule has 0 aromatic rings. The number of aldehydes is 1. The van der Waals surface area contributed by atoms with E-state index in [0.29, 0.717) is 4.86 Å². The Kier molecular flexibility index (Phi) is 4.62. The van der Waals surface area contributed by atoms with E-state index in [1.54, 1.807) is 0 Å². The molecule has 0 amide bonds. The summed E-state index contributed by atoms with van der Waals surface area (Å²) >= 11 is 9.79. The number of carbonyl (C=O) groups is 1. The van der Waals surface area contributed by atoms with E-state index in [0.717, 1.165) is 29.7 Å². The standard InChI is InChI=1S/C12H15NOS2/c1-4-8-9(5-2)13(3)10(6-7-14)12(16)11(8)15/h6-7H,4-5H2,1-3H3/p+1/b10-6+. The molecule has 0 aromatic carbocycles. The third-order valence-corrected chi connectivity index (χ3v) is 3.82. The highest BCUT2D eigenvalue weighted by Gasteiger charge is 2.30. The van der Waals surface area contributed by atoms with Crippen LogP contribution in [0.4, 0.5) is 0 Å². The molecular formula is C12H16NOS2+. The van der Waals surface area contributed by atoms with Gasteiger partial charge in [0.15, 0.2) is 5.71 Å². The van der Waals surface area contributed by atoms with Gasteiger partial charge in [0.25, 0.3) is 0 Å². The third-order valence-electron chi connectivity index (χ3n) is 2.76. The monoisotopic (exact) mass is 254 g/mol. The Hall–Kier alpha value is -0.740. The second-order valence-electron chi connectivity index (χ2n) is 3.56. The van der Waals surface area contributed by atoms with Crippen LogP contribution in [-0.2, 0) is 4.79 Å². The highest BCUT2D eigenvalue weighted by atomic mass is 32.1. The summed E-state index contributed by atoms with van der Waals surface area (Å²) in [5, 5.41) is 0. The first-order valence-electron chi connectivity index (χ1n) is 5.30. The zero-order valence-electron chi connectivity index (χ0n) is 9.78. The van der Waals surface area contributed by atoms with Gasteiger partial charge in [-0.3, -0.25) is 4.79 Å². The molecule has 0 atom stereocenters. The summed E-state index contributed by atoms with van der Waals surface area (Å²) in [5.74, 6) is 0. The van der Waals surface area contributed by atoms with Crippen molar-refractivity contribution in [3.63, 3.8) is 0 Å². The Balaban J connectivity index is 3.45. The van der Waals surface area contributed by atoms with E-state index < -0.39 is 0 Å². The van der Waals surface area contributed by atoms with Crippen molar-refractivity contribution in [1.29, 1.82) is 0 Å². The SMILES string of the molecule is CCC1=C(S)C(=S)/C(=C\C=O)[N+](C)=C1CC. The molecule has 16 heavy (non-hydrogen) atoms. The molecule has 4 heteroatoms. The van der Waals surface area contributed by atoms with E-state index >= 15 is 0 Å². The van der Waals surface area contributed by atoms with E-state index in [9.17, 15) is 4.79 Å². The van der Waals surface area contributed by atoms with Crippen LogP contribution in [0, 0.1) is 0 Å². The topological polar surface area (TPSA) is 20.1 Å². The van der Waals surface area contributed by atoms with Crippen molar-refractivity contribution in [2.24, 2.45) is 0 Å². The van der Waals surface area contributed by atoms with Gasteiger partial charge < -0.3 is 0 Å². The lowest BCUT2D eigenvalue weighted by atomic mass is 9.99. The van der Waals surface area contributed by atoms with Gasteiger partial charge in [0, 0.05) is 16.9 Å². The Morgan fingerprint density at radius 3 is 2.44 bits per heavy atom. The van der Waals surface area contributed by atoms with Gasteiger partial charge >= 0.3 is 0 Å². The molecule has 0 fully saturated rings. The second kappa shape index (κ2) is 5.55. The molecule has 0 saturated carbocycles. The maximum atomic E-state index is 10.6. The summed E-state index contributed by atoms with van der Waals surface area (Å²) in [7, 11) is 1.94. The van der Waals surface area contributed by atoms with Crippen molar-refractivity contribution in [2.75, 3.05) is 7.05 Å². The molecule has 0 saturated heterocycles. The molecule has 1 aliphatic rings. The number of nitrogens with zero attached hydrogens (tertiary/aromatic N) is 1. The van der Waals surface area contributed by atoms with Crippen LogP contribution in [-0.4, -0.2) is 28.5 Å². The summed E-state index contributed by atoms with van der Waals surface area (Å²) in [5.41, 5.74) is 3.14. The summed E-state index contributed by atoms with van der Waals surface area (Å²) in [4.78, 5) is 12.1. The van der Waals surface area contributed by atoms with Crippen LogP contribution in [0.25, 0.3) is 0 Å². The van der Waals surface area contributed by atoms with Crippen LogP contribution in [0.15, 0.2) is 22.3 Å². The van der Waals surface area contributed by atoms with Crippen LogP contribution in [0.3, 0.4) is 0 Å². The maximum Gasteiger partial charge on any atom is 0.227 e. The fourth-order valence-corrected chi connectivity index (χ4v) is 2.70. The first-order valence-corrected chi connectivity index (χ1v) is 6.16. The second-order valence-corrected chi connectivity index (χ2v) is 4.41. The van der Waals surface area contributed by atoms with Crippen molar-refractivity contribution in [3.05, 3.63) is 22.3 Å². The molecule has 0 N–H and O–H groups in total. The molecule has 0 spiro atoms. The van der Waals surface area contributed by atoms with Gasteiger partial charge in [-0.1, -0.05) is 26.1 Å². The lowest BCUT2D eigenvalue weighted by molar-refractivity contribution is -0.435. The first kappa shape index (κ1) is 13.3. The molecule has 86 valence electrons. The minimum absolute atomic E-state index is 0.659. The van der Waals surface area contributed by atoms with Gasteiger partial charge in [-0.05, 0) is 6.42 Å². The summed E-state index contributed by atoms with van der Waals surface area (Å²) in [6, 6.07) is 0. The first-order chi connectivity index (χ1) is 7.58. The lowest BCUT2D eigenvalue weighted by Crippen LogP contribution is -2.29. The normalized spacial score (nSPS) is 19.8. The summed E-state index contributed by atoms with van der Waals surface area (Å²) in [6.45, 7) is 4.18.